The Kier molecular flexibility index (Phi) is 8.12. The molecule has 3 aromatic carbocycles. The first-order chi connectivity index (χ1) is 16.5. The van der Waals surface area contributed by atoms with E-state index >= 15 is 0 Å². The third-order valence-corrected chi connectivity index (χ3v) is 11.7. The van der Waals surface area contributed by atoms with E-state index in [-0.39, 0.29) is 6.42 Å². The van der Waals surface area contributed by atoms with E-state index in [1.54, 1.807) is 6.92 Å². The summed E-state index contributed by atoms with van der Waals surface area (Å²) in [5.74, 6) is 0.532. The molecule has 4 rings (SSSR count). The molecule has 0 heterocycles. The van der Waals surface area contributed by atoms with E-state index in [0.717, 1.165) is 14.7 Å². The highest BCUT2D eigenvalue weighted by atomic mass is 32.3. The fourth-order valence-corrected chi connectivity index (χ4v) is 10.0. The van der Waals surface area contributed by atoms with Crippen LogP contribution in [0.25, 0.3) is 0 Å². The van der Waals surface area contributed by atoms with Gasteiger partial charge in [-0.2, -0.15) is 8.42 Å². The van der Waals surface area contributed by atoms with Gasteiger partial charge < -0.3 is 0 Å². The van der Waals surface area contributed by atoms with Gasteiger partial charge in [0.25, 0.3) is 0 Å². The zero-order chi connectivity index (χ0) is 24.0. The normalized spacial score (nSPS) is 16.8. The quantitative estimate of drug-likeness (QED) is 0.296. The summed E-state index contributed by atoms with van der Waals surface area (Å²) < 4.78 is 47.3. The van der Waals surface area contributed by atoms with Crippen LogP contribution >= 0.6 is 10.3 Å². The molecule has 1 atom stereocenters. The SMILES string of the molecule is CCCC(F)S(=O)(=O)OS(c1ccccc1)(c1ccccc1)c1ccc(C2CCCCC2)cc1. The number of alkyl halides is 1. The third kappa shape index (κ3) is 5.24. The Hall–Kier alpha value is -2.15. The Morgan fingerprint density at radius 1 is 0.794 bits per heavy atom. The molecule has 3 aromatic rings. The molecule has 1 fully saturated rings. The van der Waals surface area contributed by atoms with Gasteiger partial charge in [0.1, 0.15) is 0 Å². The van der Waals surface area contributed by atoms with Crippen LogP contribution in [0.2, 0.25) is 0 Å². The molecule has 3 nitrogen and oxygen atoms in total. The van der Waals surface area contributed by atoms with E-state index in [1.807, 2.05) is 72.8 Å². The smallest absolute Gasteiger partial charge is 0.227 e. The lowest BCUT2D eigenvalue weighted by molar-refractivity contribution is 0.366. The highest BCUT2D eigenvalue weighted by Gasteiger charge is 2.40. The van der Waals surface area contributed by atoms with Crippen LogP contribution < -0.4 is 0 Å². The summed E-state index contributed by atoms with van der Waals surface area (Å²) >= 11 is 0. The van der Waals surface area contributed by atoms with E-state index in [0.29, 0.717) is 12.3 Å². The Labute approximate surface area is 205 Å². The Morgan fingerprint density at radius 2 is 1.29 bits per heavy atom. The maximum Gasteiger partial charge on any atom is 0.310 e. The molecule has 6 heteroatoms. The highest BCUT2D eigenvalue weighted by molar-refractivity contribution is 8.33. The van der Waals surface area contributed by atoms with Gasteiger partial charge in [0.05, 0.1) is 0 Å². The van der Waals surface area contributed by atoms with Gasteiger partial charge in [0.15, 0.2) is 0 Å². The molecule has 0 aliphatic heterocycles. The molecule has 34 heavy (non-hydrogen) atoms. The third-order valence-electron chi connectivity index (χ3n) is 6.46. The second-order valence-electron chi connectivity index (χ2n) is 8.85. The molecule has 0 radical (unpaired) electrons. The molecule has 0 saturated heterocycles. The van der Waals surface area contributed by atoms with Crippen LogP contribution in [-0.4, -0.2) is 13.9 Å². The van der Waals surface area contributed by atoms with Gasteiger partial charge in [-0.1, -0.05) is 81.1 Å². The van der Waals surface area contributed by atoms with Crippen LogP contribution in [0.5, 0.6) is 0 Å². The number of benzene rings is 3. The summed E-state index contributed by atoms with van der Waals surface area (Å²) in [5, 5.41) is 0. The Balaban J connectivity index is 1.88. The lowest BCUT2D eigenvalue weighted by Gasteiger charge is -2.40. The monoisotopic (exact) mass is 500 g/mol. The van der Waals surface area contributed by atoms with Gasteiger partial charge in [-0.3, -0.25) is 0 Å². The summed E-state index contributed by atoms with van der Waals surface area (Å²) in [4.78, 5) is 2.19. The largest absolute Gasteiger partial charge is 0.310 e. The Bertz CT molecular complexity index is 1100. The highest BCUT2D eigenvalue weighted by Crippen LogP contribution is 2.70. The van der Waals surface area contributed by atoms with Crippen LogP contribution in [0.1, 0.15) is 63.4 Å². The van der Waals surface area contributed by atoms with E-state index in [1.165, 1.54) is 37.7 Å². The average Bonchev–Trinajstić information content (AvgIpc) is 2.89. The van der Waals surface area contributed by atoms with Crippen LogP contribution in [0, 0.1) is 0 Å². The molecule has 0 bridgehead atoms. The maximum atomic E-state index is 14.9. The molecule has 0 N–H and O–H groups in total. The van der Waals surface area contributed by atoms with Crippen LogP contribution in [0.4, 0.5) is 4.39 Å². The molecular formula is C28H33FO3S2. The van der Waals surface area contributed by atoms with Crippen molar-refractivity contribution in [3.8, 4) is 0 Å². The first-order valence-electron chi connectivity index (χ1n) is 12.1. The van der Waals surface area contributed by atoms with Crippen LogP contribution in [0.15, 0.2) is 99.6 Å². The summed E-state index contributed by atoms with van der Waals surface area (Å²) in [6.45, 7) is 1.76. The molecular weight excluding hydrogens is 467 g/mol. The molecule has 0 amide bonds. The predicted molar refractivity (Wildman–Crippen MR) is 137 cm³/mol. The van der Waals surface area contributed by atoms with Crippen molar-refractivity contribution >= 4 is 20.4 Å². The fourth-order valence-electron chi connectivity index (χ4n) is 4.67. The molecule has 0 spiro atoms. The van der Waals surface area contributed by atoms with E-state index in [4.69, 9.17) is 3.63 Å². The maximum absolute atomic E-state index is 14.9. The summed E-state index contributed by atoms with van der Waals surface area (Å²) in [6.07, 6.45) is 6.46. The molecule has 1 aliphatic rings. The first-order valence-corrected chi connectivity index (χ1v) is 15.1. The van der Waals surface area contributed by atoms with E-state index < -0.39 is 25.9 Å². The summed E-state index contributed by atoms with van der Waals surface area (Å²) in [6, 6.07) is 26.9. The zero-order valence-corrected chi connectivity index (χ0v) is 21.2. The fraction of sp³-hybridized carbons (Fsp3) is 0.357. The molecule has 1 unspecified atom stereocenters. The van der Waals surface area contributed by atoms with Crippen molar-refractivity contribution in [3.63, 3.8) is 0 Å². The van der Waals surface area contributed by atoms with E-state index in [9.17, 15) is 12.8 Å². The molecule has 182 valence electrons. The molecule has 0 aromatic heterocycles. The van der Waals surface area contributed by atoms with Crippen molar-refractivity contribution in [3.05, 3.63) is 90.5 Å². The Morgan fingerprint density at radius 3 is 1.79 bits per heavy atom. The predicted octanol–water partition coefficient (Wildman–Crippen LogP) is 8.37. The second-order valence-corrected chi connectivity index (χ2v) is 13.4. The molecule has 1 saturated carbocycles. The number of hydrogen-bond acceptors (Lipinski definition) is 3. The van der Waals surface area contributed by atoms with Crippen molar-refractivity contribution in [2.75, 3.05) is 0 Å². The minimum absolute atomic E-state index is 0.0952. The minimum Gasteiger partial charge on any atom is -0.227 e. The van der Waals surface area contributed by atoms with Crippen molar-refractivity contribution in [1.29, 1.82) is 0 Å². The van der Waals surface area contributed by atoms with Gasteiger partial charge in [-0.15, -0.1) is 0 Å². The van der Waals surface area contributed by atoms with Crippen LogP contribution in [0.3, 0.4) is 0 Å². The topological polar surface area (TPSA) is 43.4 Å². The molecule has 1 aliphatic carbocycles. The standard InChI is InChI=1S/C28H33FO3S2/c1-2-12-28(29)34(30,31)32-33(25-15-8-4-9-16-25,26-17-10-5-11-18-26)27-21-19-24(20-22-27)23-13-6-3-7-14-23/h4-5,8-11,15-23,28H,2-3,6-7,12-14H2,1H3. The summed E-state index contributed by atoms with van der Waals surface area (Å²) in [5.41, 5.74) is -0.798. The number of halogens is 1. The lowest BCUT2D eigenvalue weighted by Crippen LogP contribution is -2.22. The van der Waals surface area contributed by atoms with Gasteiger partial charge in [0, 0.05) is 14.7 Å². The van der Waals surface area contributed by atoms with Gasteiger partial charge in [-0.05, 0) is 77.5 Å². The number of hydrogen-bond donors (Lipinski definition) is 0. The minimum atomic E-state index is -4.48. The van der Waals surface area contributed by atoms with Crippen molar-refractivity contribution in [1.82, 2.24) is 0 Å². The average molecular weight is 501 g/mol. The van der Waals surface area contributed by atoms with Crippen LogP contribution in [-0.2, 0) is 13.7 Å². The summed E-state index contributed by atoms with van der Waals surface area (Å²) in [7, 11) is -7.21. The van der Waals surface area contributed by atoms with Gasteiger partial charge in [0.2, 0.25) is 5.50 Å². The van der Waals surface area contributed by atoms with Crippen molar-refractivity contribution < 1.29 is 16.4 Å². The zero-order valence-electron chi connectivity index (χ0n) is 19.6. The number of rotatable bonds is 9. The lowest BCUT2D eigenvalue weighted by atomic mass is 9.84. The van der Waals surface area contributed by atoms with Crippen molar-refractivity contribution in [2.24, 2.45) is 0 Å². The van der Waals surface area contributed by atoms with Gasteiger partial charge in [-0.25, -0.2) is 8.02 Å². The first kappa shape index (κ1) is 25.0. The van der Waals surface area contributed by atoms with E-state index in [2.05, 4.69) is 12.1 Å². The van der Waals surface area contributed by atoms with Gasteiger partial charge >= 0.3 is 10.1 Å². The van der Waals surface area contributed by atoms with Crippen molar-refractivity contribution in [2.45, 2.75) is 78.0 Å². The second kappa shape index (κ2) is 11.1.